The van der Waals surface area contributed by atoms with Crippen molar-refractivity contribution in [3.63, 3.8) is 0 Å². The monoisotopic (exact) mass is 376 g/mol. The van der Waals surface area contributed by atoms with Gasteiger partial charge in [-0.1, -0.05) is 18.5 Å². The third-order valence-corrected chi connectivity index (χ3v) is 5.09. The fraction of sp³-hybridized carbons (Fsp3) is 0.625. The highest BCUT2D eigenvalue weighted by molar-refractivity contribution is 9.10. The van der Waals surface area contributed by atoms with Gasteiger partial charge in [0, 0.05) is 17.1 Å². The summed E-state index contributed by atoms with van der Waals surface area (Å²) in [6.45, 7) is 7.91. The van der Waals surface area contributed by atoms with Crippen molar-refractivity contribution in [2.75, 3.05) is 25.0 Å². The zero-order valence-corrected chi connectivity index (χ0v) is 15.0. The van der Waals surface area contributed by atoms with Crippen LogP contribution in [0.25, 0.3) is 0 Å². The van der Waals surface area contributed by atoms with Gasteiger partial charge in [-0.3, -0.25) is 0 Å². The first kappa shape index (κ1) is 17.0. The molecule has 2 unspecified atom stereocenters. The Balaban J connectivity index is 2.02. The third-order valence-electron chi connectivity index (χ3n) is 4.17. The predicted octanol–water partition coefficient (Wildman–Crippen LogP) is 5.16. The molecule has 0 radical (unpaired) electrons. The summed E-state index contributed by atoms with van der Waals surface area (Å²) >= 11 is 9.54. The lowest BCUT2D eigenvalue weighted by atomic mass is 9.91. The molecule has 0 amide bonds. The molecule has 2 rings (SSSR count). The Morgan fingerprint density at radius 1 is 1.52 bits per heavy atom. The van der Waals surface area contributed by atoms with E-state index in [1.807, 2.05) is 0 Å². The van der Waals surface area contributed by atoms with E-state index in [4.69, 9.17) is 11.6 Å². The molecule has 21 heavy (non-hydrogen) atoms. The molecule has 1 aliphatic rings. The normalized spacial score (nSPS) is 21.3. The van der Waals surface area contributed by atoms with Crippen LogP contribution in [0.2, 0.25) is 5.02 Å². The fourth-order valence-electron chi connectivity index (χ4n) is 3.04. The van der Waals surface area contributed by atoms with Gasteiger partial charge in [0.25, 0.3) is 0 Å². The summed E-state index contributed by atoms with van der Waals surface area (Å²) in [5, 5.41) is 3.89. The number of nitrogens with zero attached hydrogens (tertiary/aromatic N) is 1. The molecule has 0 aliphatic carbocycles. The Bertz CT molecular complexity index is 458. The third kappa shape index (κ3) is 4.57. The summed E-state index contributed by atoms with van der Waals surface area (Å²) in [6, 6.07) is 3.11. The molecular formula is C16H23BrClFN2. The zero-order chi connectivity index (χ0) is 15.4. The average Bonchev–Trinajstić information content (AvgIpc) is 2.43. The van der Waals surface area contributed by atoms with Gasteiger partial charge in [-0.05, 0) is 73.3 Å². The van der Waals surface area contributed by atoms with Crippen molar-refractivity contribution >= 4 is 33.2 Å². The summed E-state index contributed by atoms with van der Waals surface area (Å²) in [5.41, 5.74) is 0.790. The second-order valence-corrected chi connectivity index (χ2v) is 7.14. The Kier molecular flexibility index (Phi) is 6.33. The first-order chi connectivity index (χ1) is 10.0. The quantitative estimate of drug-likeness (QED) is 0.762. The number of likely N-dealkylation sites (tertiary alicyclic amines) is 1. The van der Waals surface area contributed by atoms with Crippen LogP contribution in [-0.4, -0.2) is 30.6 Å². The highest BCUT2D eigenvalue weighted by Crippen LogP contribution is 2.33. The summed E-state index contributed by atoms with van der Waals surface area (Å²) < 4.78 is 14.0. The van der Waals surface area contributed by atoms with E-state index in [2.05, 4.69) is 40.0 Å². The van der Waals surface area contributed by atoms with E-state index in [1.165, 1.54) is 44.5 Å². The van der Waals surface area contributed by atoms with Crippen LogP contribution in [-0.2, 0) is 0 Å². The lowest BCUT2D eigenvalue weighted by molar-refractivity contribution is 0.165. The minimum atomic E-state index is -0.322. The van der Waals surface area contributed by atoms with Gasteiger partial charge in [-0.2, -0.15) is 0 Å². The van der Waals surface area contributed by atoms with Gasteiger partial charge in [0.15, 0.2) is 0 Å². The van der Waals surface area contributed by atoms with Crippen LogP contribution in [0, 0.1) is 11.7 Å². The van der Waals surface area contributed by atoms with Crippen LogP contribution in [0.1, 0.15) is 33.1 Å². The molecule has 0 saturated carbocycles. The lowest BCUT2D eigenvalue weighted by Crippen LogP contribution is -2.42. The molecule has 2 nitrogen and oxygen atoms in total. The van der Waals surface area contributed by atoms with Crippen molar-refractivity contribution in [3.05, 3.63) is 27.4 Å². The molecule has 1 N–H and O–H groups in total. The molecule has 1 aliphatic heterocycles. The number of anilines is 1. The van der Waals surface area contributed by atoms with Gasteiger partial charge in [0.2, 0.25) is 0 Å². The van der Waals surface area contributed by atoms with Gasteiger partial charge < -0.3 is 10.2 Å². The van der Waals surface area contributed by atoms with E-state index >= 15 is 0 Å². The molecule has 0 bridgehead atoms. The first-order valence-electron chi connectivity index (χ1n) is 7.64. The van der Waals surface area contributed by atoms with E-state index in [0.717, 1.165) is 12.2 Å². The number of rotatable bonds is 5. The van der Waals surface area contributed by atoms with Crippen LogP contribution in [0.3, 0.4) is 0 Å². The van der Waals surface area contributed by atoms with E-state index < -0.39 is 0 Å². The van der Waals surface area contributed by atoms with E-state index in [9.17, 15) is 4.39 Å². The van der Waals surface area contributed by atoms with Gasteiger partial charge in [0.1, 0.15) is 5.82 Å². The highest BCUT2D eigenvalue weighted by atomic mass is 79.9. The van der Waals surface area contributed by atoms with E-state index in [1.54, 1.807) is 0 Å². The first-order valence-corrected chi connectivity index (χ1v) is 8.81. The second kappa shape index (κ2) is 7.80. The minimum absolute atomic E-state index is 0.309. The molecule has 1 fully saturated rings. The number of hydrogen-bond donors (Lipinski definition) is 1. The molecule has 5 heteroatoms. The summed E-state index contributed by atoms with van der Waals surface area (Å²) in [6.07, 6.45) is 3.67. The highest BCUT2D eigenvalue weighted by Gasteiger charge is 2.25. The second-order valence-electron chi connectivity index (χ2n) is 5.88. The maximum absolute atomic E-state index is 13.3. The Morgan fingerprint density at radius 2 is 2.29 bits per heavy atom. The van der Waals surface area contributed by atoms with Gasteiger partial charge in [0.05, 0.1) is 10.7 Å². The maximum Gasteiger partial charge on any atom is 0.125 e. The molecule has 0 aromatic heterocycles. The standard InChI is InChI=1S/C16H23BrClFN2/c1-3-6-21-7-4-5-12(10-21)11(2)20-16-14(17)8-13(19)9-15(16)18/h8-9,11-12,20H,3-7,10H2,1-2H3. The van der Waals surface area contributed by atoms with Crippen molar-refractivity contribution in [1.82, 2.24) is 4.90 Å². The largest absolute Gasteiger partial charge is 0.380 e. The number of hydrogen-bond acceptors (Lipinski definition) is 2. The zero-order valence-electron chi connectivity index (χ0n) is 12.6. The minimum Gasteiger partial charge on any atom is -0.380 e. The van der Waals surface area contributed by atoms with Crippen LogP contribution >= 0.6 is 27.5 Å². The Hall–Kier alpha value is -0.320. The molecule has 1 saturated heterocycles. The number of halogens is 3. The SMILES string of the molecule is CCCN1CCCC(C(C)Nc2c(Cl)cc(F)cc2Br)C1. The van der Waals surface area contributed by atoms with Gasteiger partial charge >= 0.3 is 0 Å². The van der Waals surface area contributed by atoms with Crippen LogP contribution in [0.5, 0.6) is 0 Å². The molecule has 1 aromatic carbocycles. The molecule has 0 spiro atoms. The van der Waals surface area contributed by atoms with E-state index in [0.29, 0.717) is 21.5 Å². The Labute approximate surface area is 140 Å². The van der Waals surface area contributed by atoms with Gasteiger partial charge in [-0.15, -0.1) is 0 Å². The molecular weight excluding hydrogens is 355 g/mol. The average molecular weight is 378 g/mol. The maximum atomic E-state index is 13.3. The van der Waals surface area contributed by atoms with Crippen molar-refractivity contribution in [2.45, 2.75) is 39.2 Å². The van der Waals surface area contributed by atoms with Crippen LogP contribution in [0.15, 0.2) is 16.6 Å². The summed E-state index contributed by atoms with van der Waals surface area (Å²) in [5.74, 6) is 0.273. The smallest absolute Gasteiger partial charge is 0.125 e. The lowest BCUT2D eigenvalue weighted by Gasteiger charge is -2.36. The van der Waals surface area contributed by atoms with Crippen LogP contribution < -0.4 is 5.32 Å². The molecule has 2 atom stereocenters. The van der Waals surface area contributed by atoms with Crippen molar-refractivity contribution in [2.24, 2.45) is 5.92 Å². The summed E-state index contributed by atoms with van der Waals surface area (Å²) in [7, 11) is 0. The van der Waals surface area contributed by atoms with Crippen molar-refractivity contribution in [3.8, 4) is 0 Å². The topological polar surface area (TPSA) is 15.3 Å². The Morgan fingerprint density at radius 3 is 2.95 bits per heavy atom. The van der Waals surface area contributed by atoms with E-state index in [-0.39, 0.29) is 5.82 Å². The molecule has 118 valence electrons. The number of nitrogens with one attached hydrogen (secondary N) is 1. The molecule has 1 aromatic rings. The number of benzene rings is 1. The predicted molar refractivity (Wildman–Crippen MR) is 91.6 cm³/mol. The summed E-state index contributed by atoms with van der Waals surface area (Å²) in [4.78, 5) is 2.54. The van der Waals surface area contributed by atoms with Crippen molar-refractivity contribution in [1.29, 1.82) is 0 Å². The van der Waals surface area contributed by atoms with Gasteiger partial charge in [-0.25, -0.2) is 4.39 Å². The molecule has 1 heterocycles. The fourth-order valence-corrected chi connectivity index (χ4v) is 3.97. The van der Waals surface area contributed by atoms with Crippen LogP contribution in [0.4, 0.5) is 10.1 Å². The number of piperidine rings is 1. The van der Waals surface area contributed by atoms with Crippen molar-refractivity contribution < 1.29 is 4.39 Å².